The van der Waals surface area contributed by atoms with Gasteiger partial charge in [0, 0.05) is 6.54 Å². The highest BCUT2D eigenvalue weighted by Gasteiger charge is 2.08. The van der Waals surface area contributed by atoms with Crippen molar-refractivity contribution in [1.82, 2.24) is 10.6 Å². The third-order valence-corrected chi connectivity index (χ3v) is 2.11. The highest BCUT2D eigenvalue weighted by Crippen LogP contribution is 2.15. The molecule has 98 valence electrons. The van der Waals surface area contributed by atoms with Gasteiger partial charge in [-0.15, -0.1) is 6.58 Å². The van der Waals surface area contributed by atoms with Crippen LogP contribution < -0.4 is 15.4 Å². The van der Waals surface area contributed by atoms with Crippen molar-refractivity contribution >= 4 is 6.03 Å². The van der Waals surface area contributed by atoms with Gasteiger partial charge in [0.1, 0.15) is 6.61 Å². The minimum atomic E-state index is -0.416. The summed E-state index contributed by atoms with van der Waals surface area (Å²) in [7, 11) is 0. The van der Waals surface area contributed by atoms with Crippen molar-refractivity contribution in [3.63, 3.8) is 0 Å². The van der Waals surface area contributed by atoms with Crippen LogP contribution in [0.15, 0.2) is 36.9 Å². The molecule has 0 heterocycles. The number of carbonyl (C=O) groups is 1. The maximum Gasteiger partial charge on any atom is 0.315 e. The van der Waals surface area contributed by atoms with Gasteiger partial charge in [0.2, 0.25) is 0 Å². The Bertz CT molecular complexity index is 410. The molecule has 0 aromatic heterocycles. The van der Waals surface area contributed by atoms with Crippen molar-refractivity contribution in [2.24, 2.45) is 0 Å². The Morgan fingerprint density at radius 1 is 1.56 bits per heavy atom. The second kappa shape index (κ2) is 7.32. The van der Waals surface area contributed by atoms with Crippen molar-refractivity contribution < 1.29 is 13.9 Å². The molecule has 0 unspecified atom stereocenters. The van der Waals surface area contributed by atoms with Gasteiger partial charge in [0.15, 0.2) is 11.6 Å². The Kier molecular flexibility index (Phi) is 5.70. The van der Waals surface area contributed by atoms with Crippen LogP contribution in [-0.2, 0) is 0 Å². The number of para-hydroxylation sites is 1. The first kappa shape index (κ1) is 14.0. The highest BCUT2D eigenvalue weighted by molar-refractivity contribution is 5.74. The zero-order valence-corrected chi connectivity index (χ0v) is 10.3. The van der Waals surface area contributed by atoms with Crippen molar-refractivity contribution in [3.8, 4) is 5.75 Å². The molecule has 0 spiro atoms. The van der Waals surface area contributed by atoms with Crippen LogP contribution in [0.25, 0.3) is 0 Å². The minimum Gasteiger partial charge on any atom is -0.488 e. The van der Waals surface area contributed by atoms with E-state index in [0.29, 0.717) is 6.54 Å². The Hall–Kier alpha value is -2.04. The van der Waals surface area contributed by atoms with Crippen LogP contribution in [0.1, 0.15) is 6.92 Å². The van der Waals surface area contributed by atoms with Gasteiger partial charge in [-0.2, -0.15) is 0 Å². The monoisotopic (exact) mass is 252 g/mol. The van der Waals surface area contributed by atoms with E-state index in [-0.39, 0.29) is 24.4 Å². The number of halogens is 1. The Morgan fingerprint density at radius 3 is 2.94 bits per heavy atom. The molecule has 0 aliphatic carbocycles. The quantitative estimate of drug-likeness (QED) is 0.761. The second-order valence-electron chi connectivity index (χ2n) is 3.79. The average molecular weight is 252 g/mol. The van der Waals surface area contributed by atoms with Crippen molar-refractivity contribution in [2.75, 3.05) is 13.2 Å². The molecule has 5 heteroatoms. The Labute approximate surface area is 106 Å². The summed E-state index contributed by atoms with van der Waals surface area (Å²) >= 11 is 0. The fourth-order valence-corrected chi connectivity index (χ4v) is 1.26. The third kappa shape index (κ3) is 4.86. The number of hydrogen-bond donors (Lipinski definition) is 2. The van der Waals surface area contributed by atoms with Crippen LogP contribution in [0.3, 0.4) is 0 Å². The molecule has 1 aromatic rings. The molecule has 0 aliphatic rings. The maximum absolute atomic E-state index is 13.2. The first-order chi connectivity index (χ1) is 8.63. The highest BCUT2D eigenvalue weighted by atomic mass is 19.1. The van der Waals surface area contributed by atoms with E-state index in [1.54, 1.807) is 31.2 Å². The van der Waals surface area contributed by atoms with E-state index in [2.05, 4.69) is 17.2 Å². The molecule has 1 rings (SSSR count). The normalized spacial score (nSPS) is 11.4. The molecular formula is C13H17FN2O2. The molecule has 0 saturated carbocycles. The van der Waals surface area contributed by atoms with Gasteiger partial charge < -0.3 is 15.4 Å². The van der Waals surface area contributed by atoms with Crippen molar-refractivity contribution in [3.05, 3.63) is 42.7 Å². The summed E-state index contributed by atoms with van der Waals surface area (Å²) in [6, 6.07) is 5.61. The zero-order valence-electron chi connectivity index (χ0n) is 10.3. The van der Waals surface area contributed by atoms with E-state index < -0.39 is 5.82 Å². The number of hydrogen-bond acceptors (Lipinski definition) is 2. The van der Waals surface area contributed by atoms with Crippen LogP contribution in [0, 0.1) is 5.82 Å². The minimum absolute atomic E-state index is 0.178. The lowest BCUT2D eigenvalue weighted by Crippen LogP contribution is -2.43. The van der Waals surface area contributed by atoms with Gasteiger partial charge in [-0.1, -0.05) is 18.2 Å². The molecule has 18 heavy (non-hydrogen) atoms. The van der Waals surface area contributed by atoms with E-state index in [9.17, 15) is 9.18 Å². The molecule has 0 aliphatic heterocycles. The topological polar surface area (TPSA) is 50.4 Å². The summed E-state index contributed by atoms with van der Waals surface area (Å²) in [5, 5.41) is 5.23. The van der Waals surface area contributed by atoms with Crippen LogP contribution in [0.4, 0.5) is 9.18 Å². The summed E-state index contributed by atoms with van der Waals surface area (Å²) in [6.45, 7) is 5.85. The van der Waals surface area contributed by atoms with Gasteiger partial charge in [-0.3, -0.25) is 0 Å². The first-order valence-corrected chi connectivity index (χ1v) is 5.66. The Morgan fingerprint density at radius 2 is 2.28 bits per heavy atom. The standard InChI is InChI=1S/C13H17FN2O2/c1-3-8-15-13(17)16-10(2)9-18-12-7-5-4-6-11(12)14/h3-7,10H,1,8-9H2,2H3,(H2,15,16,17)/t10-/m0/s1. The van der Waals surface area contributed by atoms with Gasteiger partial charge in [0.25, 0.3) is 0 Å². The molecule has 2 amide bonds. The molecule has 0 radical (unpaired) electrons. The first-order valence-electron chi connectivity index (χ1n) is 5.66. The molecule has 1 aromatic carbocycles. The third-order valence-electron chi connectivity index (χ3n) is 2.11. The number of benzene rings is 1. The van der Waals surface area contributed by atoms with Gasteiger partial charge >= 0.3 is 6.03 Å². The molecule has 4 nitrogen and oxygen atoms in total. The zero-order chi connectivity index (χ0) is 13.4. The number of carbonyl (C=O) groups excluding carboxylic acids is 1. The van der Waals surface area contributed by atoms with Crippen molar-refractivity contribution in [2.45, 2.75) is 13.0 Å². The lowest BCUT2D eigenvalue weighted by atomic mass is 10.3. The van der Waals surface area contributed by atoms with Gasteiger partial charge in [0.05, 0.1) is 6.04 Å². The van der Waals surface area contributed by atoms with Crippen molar-refractivity contribution in [1.29, 1.82) is 0 Å². The molecule has 1 atom stereocenters. The predicted molar refractivity (Wildman–Crippen MR) is 68.1 cm³/mol. The summed E-state index contributed by atoms with van der Waals surface area (Å²) in [5.74, 6) is -0.238. The van der Waals surface area contributed by atoms with Crippen LogP contribution in [-0.4, -0.2) is 25.2 Å². The summed E-state index contributed by atoms with van der Waals surface area (Å²) < 4.78 is 18.5. The molecule has 0 bridgehead atoms. The van der Waals surface area contributed by atoms with E-state index in [1.165, 1.54) is 6.07 Å². The van der Waals surface area contributed by atoms with Gasteiger partial charge in [-0.25, -0.2) is 9.18 Å². The molecule has 0 saturated heterocycles. The number of nitrogens with one attached hydrogen (secondary N) is 2. The summed E-state index contributed by atoms with van der Waals surface area (Å²) in [6.07, 6.45) is 1.58. The van der Waals surface area contributed by atoms with Gasteiger partial charge in [-0.05, 0) is 19.1 Å². The van der Waals surface area contributed by atoms with E-state index in [1.807, 2.05) is 0 Å². The number of urea groups is 1. The molecule has 2 N–H and O–H groups in total. The summed E-state index contributed by atoms with van der Waals surface area (Å²) in [4.78, 5) is 11.3. The van der Waals surface area contributed by atoms with E-state index in [4.69, 9.17) is 4.74 Å². The SMILES string of the molecule is C=CCNC(=O)N[C@@H](C)COc1ccccc1F. The predicted octanol–water partition coefficient (Wildman–Crippen LogP) is 2.08. The second-order valence-corrected chi connectivity index (χ2v) is 3.79. The smallest absolute Gasteiger partial charge is 0.315 e. The fourth-order valence-electron chi connectivity index (χ4n) is 1.26. The number of ether oxygens (including phenoxy) is 1. The van der Waals surface area contributed by atoms with Crippen LogP contribution in [0.5, 0.6) is 5.75 Å². The van der Waals surface area contributed by atoms with Crippen LogP contribution in [0.2, 0.25) is 0 Å². The molecule has 0 fully saturated rings. The summed E-state index contributed by atoms with van der Waals surface area (Å²) in [5.41, 5.74) is 0. The fraction of sp³-hybridized carbons (Fsp3) is 0.308. The average Bonchev–Trinajstić information content (AvgIpc) is 2.35. The Balaban J connectivity index is 2.33. The molecular weight excluding hydrogens is 235 g/mol. The number of amides is 2. The number of rotatable bonds is 6. The largest absolute Gasteiger partial charge is 0.488 e. The lowest BCUT2D eigenvalue weighted by Gasteiger charge is -2.15. The maximum atomic E-state index is 13.2. The van der Waals surface area contributed by atoms with E-state index in [0.717, 1.165) is 0 Å². The van der Waals surface area contributed by atoms with Crippen LogP contribution >= 0.6 is 0 Å². The van der Waals surface area contributed by atoms with E-state index >= 15 is 0 Å². The lowest BCUT2D eigenvalue weighted by molar-refractivity contribution is 0.225.